The molecule has 0 N–H and O–H groups in total. The van der Waals surface area contributed by atoms with Crippen LogP contribution in [0.1, 0.15) is 89.5 Å². The van der Waals surface area contributed by atoms with Crippen molar-refractivity contribution >= 4 is 3.21 Å². The summed E-state index contributed by atoms with van der Waals surface area (Å²) in [4.78, 5) is 0. The van der Waals surface area contributed by atoms with Gasteiger partial charge in [0.1, 0.15) is 0 Å². The first-order valence-electron chi connectivity index (χ1n) is 12.0. The van der Waals surface area contributed by atoms with E-state index in [9.17, 15) is 0 Å². The Morgan fingerprint density at radius 3 is 1.79 bits per heavy atom. The van der Waals surface area contributed by atoms with E-state index < -0.39 is 0 Å². The molecule has 3 aromatic carbocycles. The van der Waals surface area contributed by atoms with Gasteiger partial charge in [-0.1, -0.05) is 76.3 Å². The largest absolute Gasteiger partial charge is 0.214 e. The van der Waals surface area contributed by atoms with Gasteiger partial charge in [0.05, 0.1) is 0 Å². The smallest absolute Gasteiger partial charge is 0.172 e. The monoisotopic (exact) mass is 570 g/mol. The quantitative estimate of drug-likeness (QED) is 0.284. The van der Waals surface area contributed by atoms with Crippen LogP contribution in [0.5, 0.6) is 0 Å². The molecule has 0 heterocycles. The number of fused-ring (bicyclic) bond motifs is 3. The molecule has 2 aliphatic carbocycles. The first-order valence-corrected chi connectivity index (χ1v) is 13.2. The maximum Gasteiger partial charge on any atom is -0.172 e. The number of halogens is 2. The van der Waals surface area contributed by atoms with Crippen molar-refractivity contribution in [2.45, 2.75) is 84.5 Å². The van der Waals surface area contributed by atoms with Gasteiger partial charge in [0.25, 0.3) is 0 Å². The van der Waals surface area contributed by atoms with E-state index in [4.69, 9.17) is 0 Å². The molecule has 0 nitrogen and oxygen atoms in total. The Hall–Kier alpha value is -0.877. The van der Waals surface area contributed by atoms with Gasteiger partial charge in [-0.15, -0.1) is 5.56 Å². The van der Waals surface area contributed by atoms with E-state index in [0.29, 0.717) is 0 Å². The predicted octanol–water partition coefficient (Wildman–Crippen LogP) is 2.35. The van der Waals surface area contributed by atoms with Crippen LogP contribution in [0.25, 0.3) is 11.1 Å². The van der Waals surface area contributed by atoms with E-state index in [0.717, 1.165) is 6.42 Å². The minimum atomic E-state index is 0. The van der Waals surface area contributed by atoms with E-state index in [1.165, 1.54) is 59.1 Å². The summed E-state index contributed by atoms with van der Waals surface area (Å²) < 4.78 is 1.79. The van der Waals surface area contributed by atoms with Gasteiger partial charge in [-0.05, 0) is 17.4 Å². The second-order valence-corrected chi connectivity index (χ2v) is 12.8. The SMILES string of the molecule is CC(C)(C)c1c[c-]c2c(c1)-c1cc(C(C)(C)C)ccc1C2.[Cl-].[Cl-].[Zr+2]=[C]1CCCC1.c1cc[cH-]c1. The molecule has 2 aliphatic rings. The molecule has 3 heteroatoms. The molecular formula is C31H38Cl2Zr-2. The van der Waals surface area contributed by atoms with Crippen molar-refractivity contribution in [1.29, 1.82) is 0 Å². The zero-order chi connectivity index (χ0) is 23.4. The fourth-order valence-corrected chi connectivity index (χ4v) is 4.98. The van der Waals surface area contributed by atoms with E-state index >= 15 is 0 Å². The summed E-state index contributed by atoms with van der Waals surface area (Å²) in [6, 6.07) is 25.1. The summed E-state index contributed by atoms with van der Waals surface area (Å²) in [6.07, 6.45) is 6.86. The Bertz CT molecular complexity index is 948. The molecular weight excluding hydrogens is 534 g/mol. The van der Waals surface area contributed by atoms with Gasteiger partial charge in [0, 0.05) is 0 Å². The molecule has 0 aromatic heterocycles. The normalized spacial score (nSPS) is 13.8. The zero-order valence-electron chi connectivity index (χ0n) is 21.6. The van der Waals surface area contributed by atoms with Crippen LogP contribution in [0.2, 0.25) is 0 Å². The predicted molar refractivity (Wildman–Crippen MR) is 136 cm³/mol. The van der Waals surface area contributed by atoms with Crippen LogP contribution in [-0.2, 0) is 41.5 Å². The van der Waals surface area contributed by atoms with Gasteiger partial charge in [-0.25, -0.2) is 12.1 Å². The molecule has 0 atom stereocenters. The summed E-state index contributed by atoms with van der Waals surface area (Å²) in [7, 11) is 0. The minimum absolute atomic E-state index is 0. The van der Waals surface area contributed by atoms with Crippen molar-refractivity contribution < 1.29 is 49.0 Å². The van der Waals surface area contributed by atoms with Crippen LogP contribution in [-0.4, -0.2) is 3.21 Å². The topological polar surface area (TPSA) is 0 Å². The summed E-state index contributed by atoms with van der Waals surface area (Å²) in [5.74, 6) is 0. The van der Waals surface area contributed by atoms with Gasteiger partial charge in [0.15, 0.2) is 0 Å². The molecule has 0 bridgehead atoms. The Labute approximate surface area is 235 Å². The van der Waals surface area contributed by atoms with Crippen molar-refractivity contribution in [3.05, 3.63) is 89.0 Å². The Morgan fingerprint density at radius 2 is 1.35 bits per heavy atom. The Morgan fingerprint density at radius 1 is 0.794 bits per heavy atom. The molecule has 0 unspecified atom stereocenters. The summed E-state index contributed by atoms with van der Waals surface area (Å²) in [6.45, 7) is 13.6. The third-order valence-electron chi connectivity index (χ3n) is 6.29. The molecule has 0 saturated heterocycles. The summed E-state index contributed by atoms with van der Waals surface area (Å²) >= 11 is 1.68. The molecule has 0 amide bonds. The third kappa shape index (κ3) is 8.65. The van der Waals surface area contributed by atoms with Gasteiger partial charge >= 0.3 is 53.1 Å². The van der Waals surface area contributed by atoms with Crippen molar-refractivity contribution in [1.82, 2.24) is 0 Å². The maximum absolute atomic E-state index is 3.53. The van der Waals surface area contributed by atoms with Gasteiger partial charge in [-0.2, -0.15) is 47.5 Å². The standard InChI is InChI=1S/C21H25.C5H8.C5H5.2ClH.Zr/c1-20(2,3)16-9-7-14-11-15-8-10-17(21(4,5)6)13-19(15)18(14)12-16;2*1-2-4-5-3-1;;;/h7,9-10,12-13H,11H2,1-6H3;1-4H2;1-5H;2*1H;/q-1;;-1;;;+2/p-2. The third-order valence-corrected chi connectivity index (χ3v) is 7.52. The molecule has 0 spiro atoms. The van der Waals surface area contributed by atoms with Crippen LogP contribution in [0, 0.1) is 6.07 Å². The van der Waals surface area contributed by atoms with Crippen LogP contribution in [0.15, 0.2) is 60.7 Å². The summed E-state index contributed by atoms with van der Waals surface area (Å²) in [5, 5.41) is 0. The van der Waals surface area contributed by atoms with E-state index in [2.05, 4.69) is 77.9 Å². The van der Waals surface area contributed by atoms with E-state index in [1.807, 2.05) is 30.3 Å². The first kappa shape index (κ1) is 31.2. The molecule has 0 aliphatic heterocycles. The molecule has 1 saturated carbocycles. The Kier molecular flexibility index (Phi) is 12.3. The number of hydrogen-bond acceptors (Lipinski definition) is 0. The molecule has 3 aromatic rings. The van der Waals surface area contributed by atoms with Crippen LogP contribution in [0.3, 0.4) is 0 Å². The molecule has 0 radical (unpaired) electrons. The minimum Gasteiger partial charge on any atom is -0.214 e. The van der Waals surface area contributed by atoms with Crippen molar-refractivity contribution in [2.24, 2.45) is 0 Å². The van der Waals surface area contributed by atoms with E-state index in [-0.39, 0.29) is 35.6 Å². The van der Waals surface area contributed by atoms with Crippen LogP contribution in [0.4, 0.5) is 0 Å². The van der Waals surface area contributed by atoms with Crippen LogP contribution < -0.4 is 24.8 Å². The Balaban J connectivity index is 0.000000367. The summed E-state index contributed by atoms with van der Waals surface area (Å²) in [5.41, 5.74) is 8.76. The molecule has 182 valence electrons. The first-order chi connectivity index (χ1) is 15.1. The fourth-order valence-electron chi connectivity index (χ4n) is 4.11. The van der Waals surface area contributed by atoms with Gasteiger partial charge < -0.3 is 24.8 Å². The second kappa shape index (κ2) is 13.4. The van der Waals surface area contributed by atoms with Gasteiger partial charge in [0.2, 0.25) is 0 Å². The van der Waals surface area contributed by atoms with Crippen molar-refractivity contribution in [3.63, 3.8) is 0 Å². The van der Waals surface area contributed by atoms with E-state index in [1.54, 1.807) is 27.4 Å². The average Bonchev–Trinajstić information content (AvgIpc) is 3.49. The number of hydrogen-bond donors (Lipinski definition) is 0. The molecule has 34 heavy (non-hydrogen) atoms. The maximum atomic E-state index is 3.53. The molecule has 1 fully saturated rings. The van der Waals surface area contributed by atoms with Crippen molar-refractivity contribution in [2.75, 3.05) is 0 Å². The van der Waals surface area contributed by atoms with Gasteiger partial charge in [-0.3, -0.25) is 0 Å². The van der Waals surface area contributed by atoms with Crippen LogP contribution >= 0.6 is 0 Å². The average molecular weight is 573 g/mol. The molecule has 5 rings (SSSR count). The number of benzene rings is 2. The second-order valence-electron chi connectivity index (χ2n) is 11.1. The number of rotatable bonds is 0. The van der Waals surface area contributed by atoms with Crippen molar-refractivity contribution in [3.8, 4) is 11.1 Å². The zero-order valence-corrected chi connectivity index (χ0v) is 25.5. The fraction of sp³-hybridized carbons (Fsp3) is 0.419.